The Kier molecular flexibility index (Phi) is 5.53. The number of ether oxygens (including phenoxy) is 2. The highest BCUT2D eigenvalue weighted by Crippen LogP contribution is 2.35. The molecule has 32 heavy (non-hydrogen) atoms. The third-order valence-electron chi connectivity index (χ3n) is 6.13. The van der Waals surface area contributed by atoms with Gasteiger partial charge in [0.25, 0.3) is 5.91 Å². The highest BCUT2D eigenvalue weighted by atomic mass is 16.5. The maximum absolute atomic E-state index is 13.4. The molecule has 1 N–H and O–H groups in total. The minimum Gasteiger partial charge on any atom is -0.493 e. The molecular weight excluding hydrogens is 402 g/mol. The van der Waals surface area contributed by atoms with Crippen molar-refractivity contribution in [2.75, 3.05) is 38.8 Å². The first kappa shape index (κ1) is 20.5. The molecule has 2 aliphatic heterocycles. The minimum absolute atomic E-state index is 0.0862. The largest absolute Gasteiger partial charge is 0.493 e. The van der Waals surface area contributed by atoms with Gasteiger partial charge in [-0.2, -0.15) is 0 Å². The first-order valence-electron chi connectivity index (χ1n) is 11.0. The van der Waals surface area contributed by atoms with Crippen molar-refractivity contribution in [1.82, 2.24) is 10.3 Å². The van der Waals surface area contributed by atoms with Crippen molar-refractivity contribution in [3.05, 3.63) is 71.4 Å². The van der Waals surface area contributed by atoms with Crippen molar-refractivity contribution in [2.45, 2.75) is 18.9 Å². The van der Waals surface area contributed by atoms with Gasteiger partial charge in [-0.15, -0.1) is 0 Å². The summed E-state index contributed by atoms with van der Waals surface area (Å²) in [5.74, 6) is 0.711. The van der Waals surface area contributed by atoms with Crippen LogP contribution < -0.4 is 15.0 Å². The molecule has 0 spiro atoms. The van der Waals surface area contributed by atoms with Gasteiger partial charge < -0.3 is 19.7 Å². The first-order valence-corrected chi connectivity index (χ1v) is 11.0. The van der Waals surface area contributed by atoms with Crippen LogP contribution in [-0.2, 0) is 4.74 Å². The number of hydrogen-bond donors (Lipinski definition) is 1. The van der Waals surface area contributed by atoms with E-state index in [1.54, 1.807) is 6.20 Å². The Labute approximate surface area is 187 Å². The molecule has 2 aliphatic rings. The van der Waals surface area contributed by atoms with E-state index in [1.165, 1.54) is 5.57 Å². The molecule has 0 saturated carbocycles. The number of amides is 1. The number of anilines is 1. The molecule has 1 amide bonds. The van der Waals surface area contributed by atoms with Crippen LogP contribution in [0.15, 0.2) is 54.7 Å². The zero-order valence-corrected chi connectivity index (χ0v) is 18.4. The van der Waals surface area contributed by atoms with E-state index in [4.69, 9.17) is 14.5 Å². The fourth-order valence-electron chi connectivity index (χ4n) is 4.62. The van der Waals surface area contributed by atoms with E-state index in [-0.39, 0.29) is 11.9 Å². The van der Waals surface area contributed by atoms with Gasteiger partial charge in [0.2, 0.25) is 0 Å². The Balaban J connectivity index is 1.54. The Morgan fingerprint density at radius 1 is 1.12 bits per heavy atom. The van der Waals surface area contributed by atoms with Gasteiger partial charge in [-0.25, -0.2) is 0 Å². The third-order valence-corrected chi connectivity index (χ3v) is 6.13. The number of aromatic nitrogens is 1. The highest BCUT2D eigenvalue weighted by Gasteiger charge is 2.26. The molecule has 0 saturated heterocycles. The van der Waals surface area contributed by atoms with Crippen LogP contribution in [0.3, 0.4) is 0 Å². The van der Waals surface area contributed by atoms with Crippen molar-refractivity contribution in [3.63, 3.8) is 0 Å². The monoisotopic (exact) mass is 429 g/mol. The predicted octanol–water partition coefficient (Wildman–Crippen LogP) is 4.36. The van der Waals surface area contributed by atoms with E-state index in [0.717, 1.165) is 52.9 Å². The van der Waals surface area contributed by atoms with E-state index in [0.29, 0.717) is 18.8 Å². The van der Waals surface area contributed by atoms with E-state index in [9.17, 15) is 4.79 Å². The van der Waals surface area contributed by atoms with Crippen LogP contribution >= 0.6 is 0 Å². The average molecular weight is 430 g/mol. The molecule has 1 atom stereocenters. The lowest BCUT2D eigenvalue weighted by Gasteiger charge is -2.27. The van der Waals surface area contributed by atoms with Crippen LogP contribution in [0.25, 0.3) is 16.5 Å². The molecule has 0 fully saturated rings. The van der Waals surface area contributed by atoms with Gasteiger partial charge in [0.05, 0.1) is 42.6 Å². The Bertz CT molecular complexity index is 1200. The summed E-state index contributed by atoms with van der Waals surface area (Å²) in [5.41, 5.74) is 5.74. The van der Waals surface area contributed by atoms with Crippen molar-refractivity contribution in [1.29, 1.82) is 0 Å². The molecular formula is C26H27N3O3. The van der Waals surface area contributed by atoms with Gasteiger partial charge in [0.15, 0.2) is 0 Å². The molecule has 5 rings (SSSR count). The maximum atomic E-state index is 13.4. The SMILES string of the molecule is CN(C)c1c(C(=O)N[C@H]2CCOc3ccccc32)cnc2c(C3=CCOCC3)cccc12. The molecule has 0 bridgehead atoms. The Hall–Kier alpha value is -3.38. The zero-order valence-electron chi connectivity index (χ0n) is 18.4. The molecule has 164 valence electrons. The molecule has 6 heteroatoms. The predicted molar refractivity (Wildman–Crippen MR) is 126 cm³/mol. The molecule has 6 nitrogen and oxygen atoms in total. The summed E-state index contributed by atoms with van der Waals surface area (Å²) in [6.45, 7) is 1.93. The summed E-state index contributed by atoms with van der Waals surface area (Å²) in [6, 6.07) is 14.0. The lowest BCUT2D eigenvalue weighted by atomic mass is 9.96. The molecule has 3 heterocycles. The number of benzene rings is 2. The molecule has 0 radical (unpaired) electrons. The van der Waals surface area contributed by atoms with Gasteiger partial charge in [0, 0.05) is 43.2 Å². The highest BCUT2D eigenvalue weighted by molar-refractivity contribution is 6.09. The second-order valence-electron chi connectivity index (χ2n) is 8.37. The summed E-state index contributed by atoms with van der Waals surface area (Å²) in [5, 5.41) is 4.19. The Morgan fingerprint density at radius 3 is 2.81 bits per heavy atom. The number of hydrogen-bond acceptors (Lipinski definition) is 5. The van der Waals surface area contributed by atoms with Crippen molar-refractivity contribution in [3.8, 4) is 5.75 Å². The average Bonchev–Trinajstić information content (AvgIpc) is 2.83. The van der Waals surface area contributed by atoms with E-state index >= 15 is 0 Å². The lowest BCUT2D eigenvalue weighted by Crippen LogP contribution is -2.33. The number of carbonyl (C=O) groups is 1. The third kappa shape index (κ3) is 3.71. The first-order chi connectivity index (χ1) is 15.6. The quantitative estimate of drug-likeness (QED) is 0.668. The number of carbonyl (C=O) groups excluding carboxylic acids is 1. The van der Waals surface area contributed by atoms with Crippen molar-refractivity contribution >= 4 is 28.1 Å². The number of pyridine rings is 1. The zero-order chi connectivity index (χ0) is 22.1. The van der Waals surface area contributed by atoms with Crippen LogP contribution in [0.2, 0.25) is 0 Å². The summed E-state index contributed by atoms with van der Waals surface area (Å²) < 4.78 is 11.2. The smallest absolute Gasteiger partial charge is 0.255 e. The summed E-state index contributed by atoms with van der Waals surface area (Å²) in [6.07, 6.45) is 5.44. The number of nitrogens with zero attached hydrogens (tertiary/aromatic N) is 2. The molecule has 0 unspecified atom stereocenters. The fourth-order valence-corrected chi connectivity index (χ4v) is 4.62. The topological polar surface area (TPSA) is 63.7 Å². The summed E-state index contributed by atoms with van der Waals surface area (Å²) in [4.78, 5) is 20.2. The van der Waals surface area contributed by atoms with Crippen molar-refractivity contribution in [2.24, 2.45) is 0 Å². The number of para-hydroxylation sites is 2. The van der Waals surface area contributed by atoms with Gasteiger partial charge in [-0.05, 0) is 18.1 Å². The van der Waals surface area contributed by atoms with Crippen LogP contribution in [0.1, 0.15) is 40.4 Å². The maximum Gasteiger partial charge on any atom is 0.255 e. The second-order valence-corrected chi connectivity index (χ2v) is 8.37. The fraction of sp³-hybridized carbons (Fsp3) is 0.308. The molecule has 2 aromatic carbocycles. The molecule has 1 aromatic heterocycles. The van der Waals surface area contributed by atoms with Gasteiger partial charge >= 0.3 is 0 Å². The molecule has 0 aliphatic carbocycles. The van der Waals surface area contributed by atoms with E-state index in [2.05, 4.69) is 17.5 Å². The van der Waals surface area contributed by atoms with Crippen LogP contribution in [0.5, 0.6) is 5.75 Å². The Morgan fingerprint density at radius 2 is 2.00 bits per heavy atom. The number of fused-ring (bicyclic) bond motifs is 2. The van der Waals surface area contributed by atoms with E-state index < -0.39 is 0 Å². The lowest BCUT2D eigenvalue weighted by molar-refractivity contribution is 0.0925. The number of nitrogens with one attached hydrogen (secondary N) is 1. The minimum atomic E-state index is -0.125. The van der Waals surface area contributed by atoms with Crippen molar-refractivity contribution < 1.29 is 14.3 Å². The van der Waals surface area contributed by atoms with Crippen LogP contribution in [-0.4, -0.2) is 44.8 Å². The van der Waals surface area contributed by atoms with Crippen LogP contribution in [0, 0.1) is 0 Å². The normalized spacial score (nSPS) is 17.8. The summed E-state index contributed by atoms with van der Waals surface area (Å²) in [7, 11) is 3.94. The number of rotatable bonds is 4. The second kappa shape index (κ2) is 8.63. The molecule has 3 aromatic rings. The van der Waals surface area contributed by atoms with Gasteiger partial charge in [0.1, 0.15) is 5.75 Å². The van der Waals surface area contributed by atoms with Crippen LogP contribution in [0.4, 0.5) is 5.69 Å². The van der Waals surface area contributed by atoms with Gasteiger partial charge in [-0.1, -0.05) is 42.5 Å². The summed E-state index contributed by atoms with van der Waals surface area (Å²) >= 11 is 0. The standard InChI is InChI=1S/C26H27N3O3/c1-29(2)25-20-8-5-7-18(17-10-13-31-14-11-17)24(20)27-16-21(25)26(30)28-22-12-15-32-23-9-4-3-6-19(22)23/h3-10,16,22H,11-15H2,1-2H3,(H,28,30)/t22-/m0/s1. The van der Waals surface area contributed by atoms with Gasteiger partial charge in [-0.3, -0.25) is 9.78 Å². The van der Waals surface area contributed by atoms with E-state index in [1.807, 2.05) is 55.4 Å².